The van der Waals surface area contributed by atoms with Crippen molar-refractivity contribution in [2.24, 2.45) is 0 Å². The average molecular weight is 305 g/mol. The van der Waals surface area contributed by atoms with Crippen LogP contribution in [0.4, 0.5) is 5.82 Å². The van der Waals surface area contributed by atoms with E-state index < -0.39 is 15.9 Å². The van der Waals surface area contributed by atoms with Gasteiger partial charge in [0, 0.05) is 19.7 Å². The van der Waals surface area contributed by atoms with E-state index in [1.807, 2.05) is 0 Å². The molecule has 0 spiro atoms. The summed E-state index contributed by atoms with van der Waals surface area (Å²) in [6.07, 6.45) is 0. The Labute approximate surface area is 118 Å². The number of hydrogen-bond donors (Lipinski definition) is 1. The van der Waals surface area contributed by atoms with Crippen LogP contribution in [0.5, 0.6) is 0 Å². The fourth-order valence-electron chi connectivity index (χ4n) is 1.46. The molecule has 0 aromatic carbocycles. The van der Waals surface area contributed by atoms with Crippen LogP contribution in [0.3, 0.4) is 0 Å². The number of sulfonamides is 1. The highest BCUT2D eigenvalue weighted by Crippen LogP contribution is 2.08. The number of methoxy groups -OCH3 is 1. The summed E-state index contributed by atoms with van der Waals surface area (Å²) in [5.41, 5.74) is 0. The van der Waals surface area contributed by atoms with Crippen molar-refractivity contribution in [1.82, 2.24) is 9.46 Å². The molecule has 1 heterocycles. The zero-order valence-corrected chi connectivity index (χ0v) is 12.6. The van der Waals surface area contributed by atoms with Crippen LogP contribution in [-0.2, 0) is 19.6 Å². The van der Waals surface area contributed by atoms with Gasteiger partial charge in [0.15, 0.2) is 5.82 Å². The summed E-state index contributed by atoms with van der Waals surface area (Å²) in [7, 11) is -2.00. The molecule has 20 heavy (non-hydrogen) atoms. The highest BCUT2D eigenvalue weighted by molar-refractivity contribution is 7.89. The summed E-state index contributed by atoms with van der Waals surface area (Å²) >= 11 is 0. The first-order valence-corrected chi connectivity index (χ1v) is 7.70. The SMILES string of the molecule is CCS(=O)(=O)N(CCOC)CC(=O)Nc1cc(C)on1. The molecule has 0 atom stereocenters. The topological polar surface area (TPSA) is 102 Å². The van der Waals surface area contributed by atoms with E-state index in [2.05, 4.69) is 10.5 Å². The monoisotopic (exact) mass is 305 g/mol. The molecule has 0 aliphatic heterocycles. The maximum atomic E-state index is 11.9. The van der Waals surface area contributed by atoms with Crippen molar-refractivity contribution in [3.05, 3.63) is 11.8 Å². The van der Waals surface area contributed by atoms with E-state index in [0.29, 0.717) is 5.76 Å². The standard InChI is InChI=1S/C11H19N3O5S/c1-4-20(16,17)14(5-6-18-3)8-11(15)12-10-7-9(2)19-13-10/h7H,4-6,8H2,1-3H3,(H,12,13,15). The molecular weight excluding hydrogens is 286 g/mol. The molecule has 1 aromatic rings. The van der Waals surface area contributed by atoms with E-state index in [-0.39, 0.29) is 31.3 Å². The normalized spacial score (nSPS) is 11.8. The summed E-state index contributed by atoms with van der Waals surface area (Å²) in [6, 6.07) is 1.55. The second-order valence-electron chi connectivity index (χ2n) is 4.10. The fourth-order valence-corrected chi connectivity index (χ4v) is 2.49. The first-order chi connectivity index (χ1) is 9.39. The third-order valence-electron chi connectivity index (χ3n) is 2.52. The van der Waals surface area contributed by atoms with Gasteiger partial charge in [-0.2, -0.15) is 4.31 Å². The maximum absolute atomic E-state index is 11.9. The number of rotatable bonds is 8. The second-order valence-corrected chi connectivity index (χ2v) is 6.36. The van der Waals surface area contributed by atoms with Crippen molar-refractivity contribution >= 4 is 21.7 Å². The Morgan fingerprint density at radius 3 is 2.75 bits per heavy atom. The van der Waals surface area contributed by atoms with Gasteiger partial charge in [-0.1, -0.05) is 5.16 Å². The van der Waals surface area contributed by atoms with Crippen LogP contribution < -0.4 is 5.32 Å². The van der Waals surface area contributed by atoms with Gasteiger partial charge >= 0.3 is 0 Å². The Morgan fingerprint density at radius 2 is 2.25 bits per heavy atom. The van der Waals surface area contributed by atoms with Crippen LogP contribution in [0.25, 0.3) is 0 Å². The molecule has 0 unspecified atom stereocenters. The van der Waals surface area contributed by atoms with Gasteiger partial charge < -0.3 is 14.6 Å². The van der Waals surface area contributed by atoms with Gasteiger partial charge in [-0.3, -0.25) is 4.79 Å². The molecule has 0 bridgehead atoms. The van der Waals surface area contributed by atoms with Crippen LogP contribution in [0, 0.1) is 6.92 Å². The highest BCUT2D eigenvalue weighted by Gasteiger charge is 2.22. The fraction of sp³-hybridized carbons (Fsp3) is 0.636. The summed E-state index contributed by atoms with van der Waals surface area (Å²) in [5.74, 6) is 0.254. The molecule has 0 aliphatic carbocycles. The third-order valence-corrected chi connectivity index (χ3v) is 4.35. The minimum absolute atomic E-state index is 0.0763. The largest absolute Gasteiger partial charge is 0.383 e. The average Bonchev–Trinajstić information content (AvgIpc) is 2.79. The summed E-state index contributed by atoms with van der Waals surface area (Å²) in [5, 5.41) is 6.08. The van der Waals surface area contributed by atoms with Crippen molar-refractivity contribution in [3.63, 3.8) is 0 Å². The zero-order chi connectivity index (χ0) is 15.2. The van der Waals surface area contributed by atoms with Gasteiger partial charge in [0.05, 0.1) is 18.9 Å². The lowest BCUT2D eigenvalue weighted by Gasteiger charge is -2.20. The number of ether oxygens (including phenoxy) is 1. The number of nitrogens with one attached hydrogen (secondary N) is 1. The molecule has 0 aliphatic rings. The van der Waals surface area contributed by atoms with Gasteiger partial charge in [0.25, 0.3) is 0 Å². The van der Waals surface area contributed by atoms with E-state index >= 15 is 0 Å². The van der Waals surface area contributed by atoms with Crippen LogP contribution in [0.2, 0.25) is 0 Å². The number of nitrogens with zero attached hydrogens (tertiary/aromatic N) is 2. The molecule has 0 saturated heterocycles. The van der Waals surface area contributed by atoms with E-state index in [1.165, 1.54) is 14.0 Å². The molecule has 0 fully saturated rings. The summed E-state index contributed by atoms with van der Waals surface area (Å²) in [6.45, 7) is 3.27. The highest BCUT2D eigenvalue weighted by atomic mass is 32.2. The number of carbonyl (C=O) groups is 1. The van der Waals surface area contributed by atoms with Gasteiger partial charge in [0.1, 0.15) is 5.76 Å². The Morgan fingerprint density at radius 1 is 1.55 bits per heavy atom. The first-order valence-electron chi connectivity index (χ1n) is 6.09. The minimum atomic E-state index is -3.47. The van der Waals surface area contributed by atoms with Gasteiger partial charge in [-0.05, 0) is 13.8 Å². The number of anilines is 1. The van der Waals surface area contributed by atoms with E-state index in [1.54, 1.807) is 13.0 Å². The molecule has 1 N–H and O–H groups in total. The van der Waals surface area contributed by atoms with Crippen LogP contribution in [0.15, 0.2) is 10.6 Å². The Balaban J connectivity index is 2.66. The van der Waals surface area contributed by atoms with E-state index in [0.717, 1.165) is 4.31 Å². The minimum Gasteiger partial charge on any atom is -0.383 e. The van der Waals surface area contributed by atoms with E-state index in [4.69, 9.17) is 9.26 Å². The summed E-state index contributed by atoms with van der Waals surface area (Å²) in [4.78, 5) is 11.8. The predicted molar refractivity (Wildman–Crippen MR) is 72.8 cm³/mol. The lowest BCUT2D eigenvalue weighted by Crippen LogP contribution is -2.40. The van der Waals surface area contributed by atoms with Crippen molar-refractivity contribution in [2.75, 3.05) is 37.9 Å². The molecule has 0 radical (unpaired) electrons. The first kappa shape index (κ1) is 16.6. The molecule has 9 heteroatoms. The molecule has 1 aromatic heterocycles. The van der Waals surface area contributed by atoms with Crippen molar-refractivity contribution < 1.29 is 22.5 Å². The lowest BCUT2D eigenvalue weighted by atomic mass is 10.4. The van der Waals surface area contributed by atoms with Crippen LogP contribution in [0.1, 0.15) is 12.7 Å². The Hall–Kier alpha value is -1.45. The van der Waals surface area contributed by atoms with Crippen molar-refractivity contribution in [3.8, 4) is 0 Å². The van der Waals surface area contributed by atoms with E-state index in [9.17, 15) is 13.2 Å². The van der Waals surface area contributed by atoms with Crippen molar-refractivity contribution in [1.29, 1.82) is 0 Å². The van der Waals surface area contributed by atoms with Gasteiger partial charge in [0.2, 0.25) is 15.9 Å². The van der Waals surface area contributed by atoms with Gasteiger partial charge in [-0.15, -0.1) is 0 Å². The zero-order valence-electron chi connectivity index (χ0n) is 11.7. The number of carbonyl (C=O) groups excluding carboxylic acids is 1. The molecule has 1 amide bonds. The Kier molecular flexibility index (Phi) is 6.11. The Bertz CT molecular complexity index is 540. The molecule has 1 rings (SSSR count). The predicted octanol–water partition coefficient (Wildman–Crippen LogP) is 0.220. The lowest BCUT2D eigenvalue weighted by molar-refractivity contribution is -0.116. The number of aromatic nitrogens is 1. The van der Waals surface area contributed by atoms with Crippen molar-refractivity contribution in [2.45, 2.75) is 13.8 Å². The summed E-state index contributed by atoms with van der Waals surface area (Å²) < 4.78 is 34.4. The molecular formula is C11H19N3O5S. The number of hydrogen-bond acceptors (Lipinski definition) is 6. The third kappa shape index (κ3) is 4.91. The van der Waals surface area contributed by atoms with Gasteiger partial charge in [-0.25, -0.2) is 8.42 Å². The maximum Gasteiger partial charge on any atom is 0.240 e. The molecule has 0 saturated carbocycles. The molecule has 114 valence electrons. The smallest absolute Gasteiger partial charge is 0.240 e. The quantitative estimate of drug-likeness (QED) is 0.737. The van der Waals surface area contributed by atoms with Crippen LogP contribution in [-0.4, -0.2) is 56.3 Å². The second kappa shape index (κ2) is 7.36. The van der Waals surface area contributed by atoms with Crippen LogP contribution >= 0.6 is 0 Å². The number of aryl methyl sites for hydroxylation is 1. The number of amides is 1. The molecule has 8 nitrogen and oxygen atoms in total.